The van der Waals surface area contributed by atoms with Gasteiger partial charge in [-0.25, -0.2) is 0 Å². The first-order chi connectivity index (χ1) is 8.70. The number of anilines is 2. The summed E-state index contributed by atoms with van der Waals surface area (Å²) < 4.78 is 0. The molecule has 0 fully saturated rings. The highest BCUT2D eigenvalue weighted by atomic mass is 32.2. The van der Waals surface area contributed by atoms with Crippen molar-refractivity contribution in [3.05, 3.63) is 18.3 Å². The van der Waals surface area contributed by atoms with Crippen molar-refractivity contribution in [1.82, 2.24) is 10.2 Å². The predicted octanol–water partition coefficient (Wildman–Crippen LogP) is 3.09. The molecule has 1 heterocycles. The molecule has 4 nitrogen and oxygen atoms in total. The smallest absolute Gasteiger partial charge is 0.0672 e. The number of fused-ring (bicyclic) bond motifs is 1. The fourth-order valence-electron chi connectivity index (χ4n) is 1.88. The molecule has 0 aliphatic heterocycles. The van der Waals surface area contributed by atoms with E-state index in [0.29, 0.717) is 6.04 Å². The average Bonchev–Trinajstić information content (AvgIpc) is 2.77. The lowest BCUT2D eigenvalue weighted by molar-refractivity contribution is 0.772. The van der Waals surface area contributed by atoms with Crippen molar-refractivity contribution in [3.63, 3.8) is 0 Å². The first-order valence-electron chi connectivity index (χ1n) is 6.27. The predicted molar refractivity (Wildman–Crippen MR) is 81.2 cm³/mol. The molecular weight excluding hydrogens is 244 g/mol. The molecule has 2 rings (SSSR count). The maximum Gasteiger partial charge on any atom is 0.0672 e. The fourth-order valence-corrected chi connectivity index (χ4v) is 2.69. The Morgan fingerprint density at radius 2 is 2.33 bits per heavy atom. The van der Waals surface area contributed by atoms with Crippen molar-refractivity contribution in [3.8, 4) is 0 Å². The van der Waals surface area contributed by atoms with E-state index in [1.54, 1.807) is 6.20 Å². The van der Waals surface area contributed by atoms with Crippen LogP contribution in [0, 0.1) is 0 Å². The number of aromatic nitrogens is 2. The van der Waals surface area contributed by atoms with E-state index < -0.39 is 0 Å². The summed E-state index contributed by atoms with van der Waals surface area (Å²) in [6.45, 7) is 4.37. The lowest BCUT2D eigenvalue weighted by Gasteiger charge is -2.16. The van der Waals surface area contributed by atoms with Crippen LogP contribution in [-0.4, -0.2) is 27.7 Å². The van der Waals surface area contributed by atoms with Gasteiger partial charge in [0.05, 0.1) is 23.1 Å². The van der Waals surface area contributed by atoms with Gasteiger partial charge < -0.3 is 11.1 Å². The summed E-state index contributed by atoms with van der Waals surface area (Å²) in [4.78, 5) is 0. The van der Waals surface area contributed by atoms with Gasteiger partial charge in [-0.3, -0.25) is 5.10 Å². The van der Waals surface area contributed by atoms with Crippen molar-refractivity contribution in [2.24, 2.45) is 0 Å². The Bertz CT molecular complexity index is 509. The molecule has 18 heavy (non-hydrogen) atoms. The average molecular weight is 264 g/mol. The van der Waals surface area contributed by atoms with Crippen molar-refractivity contribution in [2.75, 3.05) is 22.6 Å². The Hall–Kier alpha value is -1.36. The highest BCUT2D eigenvalue weighted by Gasteiger charge is 2.07. The SMILES string of the molecule is CCSCCC(C)Nc1cc2[nH]ncc2cc1N. The van der Waals surface area contributed by atoms with Crippen molar-refractivity contribution in [2.45, 2.75) is 26.3 Å². The Morgan fingerprint density at radius 1 is 1.50 bits per heavy atom. The number of nitrogen functional groups attached to an aromatic ring is 1. The molecule has 1 atom stereocenters. The first kappa shape index (κ1) is 13.1. The van der Waals surface area contributed by atoms with E-state index in [-0.39, 0.29) is 0 Å². The molecule has 0 spiro atoms. The molecule has 0 radical (unpaired) electrons. The Kier molecular flexibility index (Phi) is 4.36. The number of H-pyrrole nitrogens is 1. The molecular formula is C13H20N4S. The van der Waals surface area contributed by atoms with Gasteiger partial charge in [0, 0.05) is 11.4 Å². The van der Waals surface area contributed by atoms with Gasteiger partial charge in [0.1, 0.15) is 0 Å². The van der Waals surface area contributed by atoms with Crippen molar-refractivity contribution < 1.29 is 0 Å². The number of benzene rings is 1. The van der Waals surface area contributed by atoms with Gasteiger partial charge in [-0.2, -0.15) is 16.9 Å². The van der Waals surface area contributed by atoms with Crippen molar-refractivity contribution in [1.29, 1.82) is 0 Å². The van der Waals surface area contributed by atoms with Gasteiger partial charge >= 0.3 is 0 Å². The number of hydrogen-bond acceptors (Lipinski definition) is 4. The molecule has 0 bridgehead atoms. The summed E-state index contributed by atoms with van der Waals surface area (Å²) in [5, 5.41) is 11.5. The van der Waals surface area contributed by atoms with Gasteiger partial charge in [-0.15, -0.1) is 0 Å². The standard InChI is InChI=1S/C13H20N4S/c1-3-18-5-4-9(2)16-13-7-12-10(6-11(13)14)8-15-17-12/h6-9,16H,3-5,14H2,1-2H3,(H,15,17). The van der Waals surface area contributed by atoms with Crippen LogP contribution < -0.4 is 11.1 Å². The quantitative estimate of drug-likeness (QED) is 0.554. The molecule has 1 unspecified atom stereocenters. The zero-order valence-electron chi connectivity index (χ0n) is 10.9. The second-order valence-electron chi connectivity index (χ2n) is 4.43. The molecule has 0 aliphatic rings. The number of rotatable bonds is 6. The summed E-state index contributed by atoms with van der Waals surface area (Å²) in [6.07, 6.45) is 2.93. The van der Waals surface area contributed by atoms with Crippen LogP contribution in [0.3, 0.4) is 0 Å². The van der Waals surface area contributed by atoms with E-state index in [4.69, 9.17) is 5.73 Å². The molecule has 5 heteroatoms. The largest absolute Gasteiger partial charge is 0.397 e. The first-order valence-corrected chi connectivity index (χ1v) is 7.43. The third-order valence-corrected chi connectivity index (χ3v) is 3.84. The van der Waals surface area contributed by atoms with E-state index in [1.807, 2.05) is 23.9 Å². The summed E-state index contributed by atoms with van der Waals surface area (Å²) in [6, 6.07) is 4.40. The fraction of sp³-hybridized carbons (Fsp3) is 0.462. The van der Waals surface area contributed by atoms with Crippen LogP contribution in [-0.2, 0) is 0 Å². The second-order valence-corrected chi connectivity index (χ2v) is 5.82. The molecule has 0 saturated carbocycles. The van der Waals surface area contributed by atoms with Crippen molar-refractivity contribution >= 4 is 34.0 Å². The zero-order valence-corrected chi connectivity index (χ0v) is 11.7. The van der Waals surface area contributed by atoms with Crippen LogP contribution in [0.5, 0.6) is 0 Å². The van der Waals surface area contributed by atoms with Gasteiger partial charge in [0.2, 0.25) is 0 Å². The number of nitrogens with zero attached hydrogens (tertiary/aromatic N) is 1. The van der Waals surface area contributed by atoms with Gasteiger partial charge in [-0.1, -0.05) is 6.92 Å². The summed E-state index contributed by atoms with van der Waals surface area (Å²) >= 11 is 1.97. The van der Waals surface area contributed by atoms with Crippen LogP contribution >= 0.6 is 11.8 Å². The highest BCUT2D eigenvalue weighted by molar-refractivity contribution is 7.99. The molecule has 0 aliphatic carbocycles. The van der Waals surface area contributed by atoms with E-state index >= 15 is 0 Å². The molecule has 98 valence electrons. The topological polar surface area (TPSA) is 66.7 Å². The minimum Gasteiger partial charge on any atom is -0.397 e. The van der Waals surface area contributed by atoms with Crippen LogP contribution in [0.25, 0.3) is 10.9 Å². The minimum atomic E-state index is 0.423. The van der Waals surface area contributed by atoms with E-state index in [0.717, 1.165) is 28.7 Å². The van der Waals surface area contributed by atoms with Crippen LogP contribution in [0.4, 0.5) is 11.4 Å². The summed E-state index contributed by atoms with van der Waals surface area (Å²) in [7, 11) is 0. The minimum absolute atomic E-state index is 0.423. The third-order valence-electron chi connectivity index (χ3n) is 2.91. The number of thioether (sulfide) groups is 1. The van der Waals surface area contributed by atoms with E-state index in [1.165, 1.54) is 11.5 Å². The highest BCUT2D eigenvalue weighted by Crippen LogP contribution is 2.25. The van der Waals surface area contributed by atoms with E-state index in [2.05, 4.69) is 29.4 Å². The maximum absolute atomic E-state index is 6.04. The Labute approximate surface area is 112 Å². The summed E-state index contributed by atoms with van der Waals surface area (Å²) in [5.74, 6) is 2.35. The lowest BCUT2D eigenvalue weighted by atomic mass is 10.2. The van der Waals surface area contributed by atoms with Crippen LogP contribution in [0.1, 0.15) is 20.3 Å². The molecule has 0 saturated heterocycles. The number of nitrogens with two attached hydrogens (primary N) is 1. The van der Waals surface area contributed by atoms with Crippen LogP contribution in [0.15, 0.2) is 18.3 Å². The maximum atomic E-state index is 6.04. The number of hydrogen-bond donors (Lipinski definition) is 3. The zero-order chi connectivity index (χ0) is 13.0. The number of nitrogens with one attached hydrogen (secondary N) is 2. The second kappa shape index (κ2) is 6.00. The van der Waals surface area contributed by atoms with Gasteiger partial charge in [-0.05, 0) is 37.0 Å². The Morgan fingerprint density at radius 3 is 3.11 bits per heavy atom. The molecule has 2 aromatic rings. The lowest BCUT2D eigenvalue weighted by Crippen LogP contribution is -2.17. The van der Waals surface area contributed by atoms with E-state index in [9.17, 15) is 0 Å². The molecule has 4 N–H and O–H groups in total. The van der Waals surface area contributed by atoms with Gasteiger partial charge in [0.25, 0.3) is 0 Å². The number of aromatic amines is 1. The monoisotopic (exact) mass is 264 g/mol. The van der Waals surface area contributed by atoms with Crippen LogP contribution in [0.2, 0.25) is 0 Å². The Balaban J connectivity index is 2.03. The molecule has 1 aromatic carbocycles. The van der Waals surface area contributed by atoms with Gasteiger partial charge in [0.15, 0.2) is 0 Å². The molecule has 1 aromatic heterocycles. The third kappa shape index (κ3) is 3.10. The molecule has 0 amide bonds. The normalized spacial score (nSPS) is 12.8. The summed E-state index contributed by atoms with van der Waals surface area (Å²) in [5.41, 5.74) is 8.82.